The Labute approximate surface area is 145 Å². The molecule has 3 rings (SSSR count). The Balaban J connectivity index is 1.85. The molecule has 0 atom stereocenters. The van der Waals surface area contributed by atoms with Crippen molar-refractivity contribution >= 4 is 21.6 Å². The molecule has 0 bridgehead atoms. The van der Waals surface area contributed by atoms with Crippen molar-refractivity contribution in [3.63, 3.8) is 0 Å². The average molecular weight is 368 g/mol. The molecule has 0 heterocycles. The minimum atomic E-state index is 0.744. The van der Waals surface area contributed by atoms with Crippen molar-refractivity contribution < 1.29 is 4.74 Å². The van der Waals surface area contributed by atoms with E-state index >= 15 is 0 Å². The van der Waals surface area contributed by atoms with Crippen LogP contribution in [0.25, 0.3) is 11.1 Å². The van der Waals surface area contributed by atoms with Gasteiger partial charge in [0.05, 0.1) is 12.8 Å². The number of ether oxygens (including phenoxy) is 1. The standard InChI is InChI=1S/C20H18BrNO/c1-23-20-11-10-17(16-7-3-2-4-8-16)13-19(20)22-14-15-6-5-9-18(21)12-15/h2-13,22H,14H2,1H3. The summed E-state index contributed by atoms with van der Waals surface area (Å²) >= 11 is 3.51. The molecule has 116 valence electrons. The van der Waals surface area contributed by atoms with E-state index in [0.29, 0.717) is 0 Å². The normalized spacial score (nSPS) is 10.3. The van der Waals surface area contributed by atoms with Gasteiger partial charge in [-0.2, -0.15) is 0 Å². The van der Waals surface area contributed by atoms with Crippen molar-refractivity contribution in [2.24, 2.45) is 0 Å². The van der Waals surface area contributed by atoms with E-state index < -0.39 is 0 Å². The predicted molar refractivity (Wildman–Crippen MR) is 99.9 cm³/mol. The third-order valence-electron chi connectivity index (χ3n) is 3.68. The third kappa shape index (κ3) is 3.93. The number of halogens is 1. The van der Waals surface area contributed by atoms with Crippen molar-refractivity contribution in [3.8, 4) is 16.9 Å². The van der Waals surface area contributed by atoms with Crippen LogP contribution in [-0.2, 0) is 6.54 Å². The van der Waals surface area contributed by atoms with Gasteiger partial charge in [0.25, 0.3) is 0 Å². The first-order valence-electron chi connectivity index (χ1n) is 7.48. The average Bonchev–Trinajstić information content (AvgIpc) is 2.60. The monoisotopic (exact) mass is 367 g/mol. The van der Waals surface area contributed by atoms with E-state index in [2.05, 4.69) is 57.6 Å². The van der Waals surface area contributed by atoms with Gasteiger partial charge in [0, 0.05) is 11.0 Å². The molecule has 3 heteroatoms. The van der Waals surface area contributed by atoms with Gasteiger partial charge in [-0.1, -0.05) is 64.5 Å². The number of hydrogen-bond donors (Lipinski definition) is 1. The topological polar surface area (TPSA) is 21.3 Å². The van der Waals surface area contributed by atoms with Gasteiger partial charge in [-0.25, -0.2) is 0 Å². The second kappa shape index (κ2) is 7.34. The molecular formula is C20H18BrNO. The summed E-state index contributed by atoms with van der Waals surface area (Å²) in [5, 5.41) is 3.47. The zero-order chi connectivity index (χ0) is 16.1. The van der Waals surface area contributed by atoms with E-state index in [9.17, 15) is 0 Å². The fraction of sp³-hybridized carbons (Fsp3) is 0.100. The lowest BCUT2D eigenvalue weighted by Crippen LogP contribution is -2.01. The molecule has 0 aliphatic carbocycles. The van der Waals surface area contributed by atoms with E-state index in [4.69, 9.17) is 4.74 Å². The lowest BCUT2D eigenvalue weighted by atomic mass is 10.0. The summed E-state index contributed by atoms with van der Waals surface area (Å²) in [7, 11) is 1.70. The van der Waals surface area contributed by atoms with Crippen LogP contribution in [0.4, 0.5) is 5.69 Å². The number of nitrogens with one attached hydrogen (secondary N) is 1. The molecule has 0 spiro atoms. The fourth-order valence-electron chi connectivity index (χ4n) is 2.50. The van der Waals surface area contributed by atoms with Gasteiger partial charge in [-0.3, -0.25) is 0 Å². The maximum atomic E-state index is 5.48. The molecule has 2 nitrogen and oxygen atoms in total. The van der Waals surface area contributed by atoms with Crippen LogP contribution in [0.2, 0.25) is 0 Å². The zero-order valence-corrected chi connectivity index (χ0v) is 14.5. The molecule has 0 saturated carbocycles. The second-order valence-electron chi connectivity index (χ2n) is 5.26. The molecule has 3 aromatic rings. The third-order valence-corrected chi connectivity index (χ3v) is 4.17. The molecule has 23 heavy (non-hydrogen) atoms. The maximum absolute atomic E-state index is 5.48. The van der Waals surface area contributed by atoms with Crippen molar-refractivity contribution in [2.75, 3.05) is 12.4 Å². The van der Waals surface area contributed by atoms with Crippen molar-refractivity contribution in [1.82, 2.24) is 0 Å². The molecule has 0 aromatic heterocycles. The van der Waals surface area contributed by atoms with E-state index in [1.54, 1.807) is 7.11 Å². The Hall–Kier alpha value is -2.26. The largest absolute Gasteiger partial charge is 0.495 e. The number of methoxy groups -OCH3 is 1. The first-order valence-corrected chi connectivity index (χ1v) is 8.27. The summed E-state index contributed by atoms with van der Waals surface area (Å²) in [6.07, 6.45) is 0. The highest BCUT2D eigenvalue weighted by molar-refractivity contribution is 9.10. The quantitative estimate of drug-likeness (QED) is 0.620. The molecule has 0 saturated heterocycles. The minimum absolute atomic E-state index is 0.744. The lowest BCUT2D eigenvalue weighted by molar-refractivity contribution is 0.416. The summed E-state index contributed by atoms with van der Waals surface area (Å²) in [5.41, 5.74) is 4.57. The Kier molecular flexibility index (Phi) is 4.99. The number of rotatable bonds is 5. The van der Waals surface area contributed by atoms with Crippen LogP contribution in [-0.4, -0.2) is 7.11 Å². The smallest absolute Gasteiger partial charge is 0.141 e. The van der Waals surface area contributed by atoms with Gasteiger partial charge >= 0.3 is 0 Å². The van der Waals surface area contributed by atoms with Crippen molar-refractivity contribution in [3.05, 3.63) is 82.8 Å². The molecule has 0 fully saturated rings. The second-order valence-corrected chi connectivity index (χ2v) is 6.18. The SMILES string of the molecule is COc1ccc(-c2ccccc2)cc1NCc1cccc(Br)c1. The van der Waals surface area contributed by atoms with Crippen molar-refractivity contribution in [2.45, 2.75) is 6.54 Å². The van der Waals surface area contributed by atoms with Crippen LogP contribution < -0.4 is 10.1 Å². The first kappa shape index (κ1) is 15.6. The van der Waals surface area contributed by atoms with Crippen LogP contribution in [0.15, 0.2) is 77.3 Å². The van der Waals surface area contributed by atoms with Crippen LogP contribution in [0, 0.1) is 0 Å². The molecule has 1 N–H and O–H groups in total. The molecular weight excluding hydrogens is 350 g/mol. The number of hydrogen-bond acceptors (Lipinski definition) is 2. The predicted octanol–water partition coefficient (Wildman–Crippen LogP) is 5.74. The molecule has 0 radical (unpaired) electrons. The summed E-state index contributed by atoms with van der Waals surface area (Å²) in [4.78, 5) is 0. The van der Waals surface area contributed by atoms with Crippen LogP contribution in [0.1, 0.15) is 5.56 Å². The van der Waals surface area contributed by atoms with Crippen LogP contribution in [0.5, 0.6) is 5.75 Å². The van der Waals surface area contributed by atoms with Gasteiger partial charge in [0.1, 0.15) is 5.75 Å². The molecule has 0 unspecified atom stereocenters. The van der Waals surface area contributed by atoms with E-state index in [0.717, 1.165) is 22.5 Å². The zero-order valence-electron chi connectivity index (χ0n) is 12.9. The minimum Gasteiger partial charge on any atom is -0.495 e. The van der Waals surface area contributed by atoms with E-state index in [-0.39, 0.29) is 0 Å². The maximum Gasteiger partial charge on any atom is 0.141 e. The first-order chi connectivity index (χ1) is 11.3. The number of benzene rings is 3. The molecule has 0 aliphatic rings. The lowest BCUT2D eigenvalue weighted by Gasteiger charge is -2.13. The molecule has 0 amide bonds. The Morgan fingerprint density at radius 3 is 2.43 bits per heavy atom. The van der Waals surface area contributed by atoms with E-state index in [1.165, 1.54) is 16.7 Å². The van der Waals surface area contributed by atoms with Gasteiger partial charge < -0.3 is 10.1 Å². The summed E-state index contributed by atoms with van der Waals surface area (Å²) in [6.45, 7) is 0.744. The van der Waals surface area contributed by atoms with Gasteiger partial charge in [0.2, 0.25) is 0 Å². The Morgan fingerprint density at radius 2 is 1.70 bits per heavy atom. The van der Waals surface area contributed by atoms with Crippen LogP contribution in [0.3, 0.4) is 0 Å². The Morgan fingerprint density at radius 1 is 0.870 bits per heavy atom. The fourth-order valence-corrected chi connectivity index (χ4v) is 2.95. The van der Waals surface area contributed by atoms with Gasteiger partial charge in [0.15, 0.2) is 0 Å². The number of anilines is 1. The summed E-state index contributed by atoms with van der Waals surface area (Å²) < 4.78 is 6.56. The highest BCUT2D eigenvalue weighted by atomic mass is 79.9. The highest BCUT2D eigenvalue weighted by Gasteiger charge is 2.06. The Bertz CT molecular complexity index is 787. The van der Waals surface area contributed by atoms with E-state index in [1.807, 2.05) is 36.4 Å². The highest BCUT2D eigenvalue weighted by Crippen LogP contribution is 2.31. The van der Waals surface area contributed by atoms with Gasteiger partial charge in [-0.15, -0.1) is 0 Å². The summed E-state index contributed by atoms with van der Waals surface area (Å²) in [5.74, 6) is 0.847. The summed E-state index contributed by atoms with van der Waals surface area (Å²) in [6, 6.07) is 24.8. The van der Waals surface area contributed by atoms with Crippen molar-refractivity contribution in [1.29, 1.82) is 0 Å². The van der Waals surface area contributed by atoms with Crippen LogP contribution >= 0.6 is 15.9 Å². The van der Waals surface area contributed by atoms with Gasteiger partial charge in [-0.05, 0) is 41.0 Å². The molecule has 0 aliphatic heterocycles. The molecule has 3 aromatic carbocycles.